The first-order chi connectivity index (χ1) is 7.54. The highest BCUT2D eigenvalue weighted by Gasteiger charge is 2.12. The number of rotatable bonds is 5. The predicted octanol–water partition coefficient (Wildman–Crippen LogP) is 3.65. The highest BCUT2D eigenvalue weighted by Crippen LogP contribution is 2.21. The minimum Gasteiger partial charge on any atom is -0.312 e. The van der Waals surface area contributed by atoms with Crippen molar-refractivity contribution in [1.29, 1.82) is 0 Å². The second-order valence-electron chi connectivity index (χ2n) is 5.20. The Labute approximate surface area is 99.6 Å². The normalized spacial score (nSPS) is 11.4. The zero-order chi connectivity index (χ0) is 12.0. The molecule has 1 N–H and O–H groups in total. The molecule has 0 saturated heterocycles. The second kappa shape index (κ2) is 5.86. The van der Waals surface area contributed by atoms with Crippen LogP contribution in [0.25, 0.3) is 0 Å². The molecular weight excluding hydrogens is 194 g/mol. The van der Waals surface area contributed by atoms with E-state index in [9.17, 15) is 0 Å². The number of benzene rings is 1. The standard InChI is InChI=1S/C15H23N/c1-5-6-11-16-12-13-7-9-14(10-8-13)15(2,3)4/h5,7-10,16H,1,6,11-12H2,2-4H3. The van der Waals surface area contributed by atoms with Gasteiger partial charge in [0.2, 0.25) is 0 Å². The topological polar surface area (TPSA) is 12.0 Å². The lowest BCUT2D eigenvalue weighted by atomic mass is 9.87. The second-order valence-corrected chi connectivity index (χ2v) is 5.20. The maximum absolute atomic E-state index is 3.70. The van der Waals surface area contributed by atoms with Crippen LogP contribution in [0.2, 0.25) is 0 Å². The molecule has 0 aromatic heterocycles. The van der Waals surface area contributed by atoms with Crippen molar-refractivity contribution < 1.29 is 0 Å². The van der Waals surface area contributed by atoms with E-state index in [2.05, 4.69) is 56.9 Å². The van der Waals surface area contributed by atoms with E-state index in [-0.39, 0.29) is 5.41 Å². The summed E-state index contributed by atoms with van der Waals surface area (Å²) >= 11 is 0. The molecule has 1 aromatic carbocycles. The third-order valence-corrected chi connectivity index (χ3v) is 2.67. The fraction of sp³-hybridized carbons (Fsp3) is 0.467. The molecule has 0 unspecified atom stereocenters. The summed E-state index contributed by atoms with van der Waals surface area (Å²) in [6, 6.07) is 8.87. The zero-order valence-corrected chi connectivity index (χ0v) is 10.7. The summed E-state index contributed by atoms with van der Waals surface area (Å²) in [4.78, 5) is 0. The van der Waals surface area contributed by atoms with E-state index in [0.717, 1.165) is 19.5 Å². The summed E-state index contributed by atoms with van der Waals surface area (Å²) in [5.74, 6) is 0. The first kappa shape index (κ1) is 13.0. The van der Waals surface area contributed by atoms with Crippen LogP contribution in [0.4, 0.5) is 0 Å². The molecule has 1 heteroatoms. The van der Waals surface area contributed by atoms with Gasteiger partial charge in [0.15, 0.2) is 0 Å². The van der Waals surface area contributed by atoms with Gasteiger partial charge in [-0.15, -0.1) is 6.58 Å². The molecule has 0 radical (unpaired) electrons. The average molecular weight is 217 g/mol. The van der Waals surface area contributed by atoms with Crippen LogP contribution in [-0.2, 0) is 12.0 Å². The highest BCUT2D eigenvalue weighted by atomic mass is 14.8. The molecule has 0 aliphatic heterocycles. The van der Waals surface area contributed by atoms with Crippen molar-refractivity contribution in [3.63, 3.8) is 0 Å². The van der Waals surface area contributed by atoms with Crippen LogP contribution < -0.4 is 5.32 Å². The molecule has 1 aromatic rings. The van der Waals surface area contributed by atoms with E-state index in [1.54, 1.807) is 0 Å². The summed E-state index contributed by atoms with van der Waals surface area (Å²) in [6.07, 6.45) is 2.97. The Morgan fingerprint density at radius 2 is 1.81 bits per heavy atom. The van der Waals surface area contributed by atoms with Gasteiger partial charge in [-0.05, 0) is 29.5 Å². The van der Waals surface area contributed by atoms with Crippen molar-refractivity contribution in [1.82, 2.24) is 5.32 Å². The summed E-state index contributed by atoms with van der Waals surface area (Å²) in [5.41, 5.74) is 2.98. The van der Waals surface area contributed by atoms with E-state index in [1.807, 2.05) is 6.08 Å². The molecular formula is C15H23N. The Hall–Kier alpha value is -1.08. The lowest BCUT2D eigenvalue weighted by Gasteiger charge is -2.19. The van der Waals surface area contributed by atoms with Gasteiger partial charge in [-0.25, -0.2) is 0 Å². The van der Waals surface area contributed by atoms with E-state index in [1.165, 1.54) is 11.1 Å². The molecule has 0 amide bonds. The quantitative estimate of drug-likeness (QED) is 0.586. The van der Waals surface area contributed by atoms with Crippen LogP contribution in [0.15, 0.2) is 36.9 Å². The molecule has 1 nitrogen and oxygen atoms in total. The minimum atomic E-state index is 0.245. The molecule has 0 spiro atoms. The molecule has 0 heterocycles. The zero-order valence-electron chi connectivity index (χ0n) is 10.7. The summed E-state index contributed by atoms with van der Waals surface area (Å²) in [7, 11) is 0. The van der Waals surface area contributed by atoms with E-state index in [0.29, 0.717) is 0 Å². The highest BCUT2D eigenvalue weighted by molar-refractivity contribution is 5.27. The molecule has 0 aliphatic carbocycles. The Morgan fingerprint density at radius 3 is 2.31 bits per heavy atom. The third kappa shape index (κ3) is 4.19. The largest absolute Gasteiger partial charge is 0.312 e. The van der Waals surface area contributed by atoms with Gasteiger partial charge >= 0.3 is 0 Å². The molecule has 0 aliphatic rings. The van der Waals surface area contributed by atoms with Crippen LogP contribution in [0.5, 0.6) is 0 Å². The molecule has 0 bridgehead atoms. The molecule has 1 rings (SSSR count). The van der Waals surface area contributed by atoms with Crippen LogP contribution >= 0.6 is 0 Å². The lowest BCUT2D eigenvalue weighted by molar-refractivity contribution is 0.589. The molecule has 0 atom stereocenters. The lowest BCUT2D eigenvalue weighted by Crippen LogP contribution is -2.15. The van der Waals surface area contributed by atoms with Gasteiger partial charge in [0.05, 0.1) is 0 Å². The number of hydrogen-bond donors (Lipinski definition) is 1. The van der Waals surface area contributed by atoms with Crippen molar-refractivity contribution in [3.8, 4) is 0 Å². The van der Waals surface area contributed by atoms with E-state index >= 15 is 0 Å². The van der Waals surface area contributed by atoms with Crippen molar-refractivity contribution in [2.24, 2.45) is 0 Å². The van der Waals surface area contributed by atoms with Gasteiger partial charge in [-0.2, -0.15) is 0 Å². The summed E-state index contributed by atoms with van der Waals surface area (Å²) in [5, 5.41) is 3.39. The van der Waals surface area contributed by atoms with Gasteiger partial charge in [-0.1, -0.05) is 51.1 Å². The SMILES string of the molecule is C=CCCNCc1ccc(C(C)(C)C)cc1. The summed E-state index contributed by atoms with van der Waals surface area (Å²) in [6.45, 7) is 12.4. The third-order valence-electron chi connectivity index (χ3n) is 2.67. The van der Waals surface area contributed by atoms with Crippen LogP contribution in [0, 0.1) is 0 Å². The fourth-order valence-corrected chi connectivity index (χ4v) is 1.56. The Bertz CT molecular complexity index is 316. The predicted molar refractivity (Wildman–Crippen MR) is 71.7 cm³/mol. The first-order valence-corrected chi connectivity index (χ1v) is 5.95. The molecule has 0 fully saturated rings. The smallest absolute Gasteiger partial charge is 0.0205 e. The van der Waals surface area contributed by atoms with Crippen molar-refractivity contribution in [3.05, 3.63) is 48.0 Å². The van der Waals surface area contributed by atoms with E-state index < -0.39 is 0 Å². The van der Waals surface area contributed by atoms with Gasteiger partial charge in [0.25, 0.3) is 0 Å². The monoisotopic (exact) mass is 217 g/mol. The van der Waals surface area contributed by atoms with Crippen LogP contribution in [0.3, 0.4) is 0 Å². The number of hydrogen-bond acceptors (Lipinski definition) is 1. The van der Waals surface area contributed by atoms with Gasteiger partial charge in [0, 0.05) is 6.54 Å². The maximum Gasteiger partial charge on any atom is 0.0205 e. The Kier molecular flexibility index (Phi) is 4.75. The van der Waals surface area contributed by atoms with Gasteiger partial charge < -0.3 is 5.32 Å². The van der Waals surface area contributed by atoms with Crippen LogP contribution in [0.1, 0.15) is 38.3 Å². The Morgan fingerprint density at radius 1 is 1.19 bits per heavy atom. The van der Waals surface area contributed by atoms with Gasteiger partial charge in [0.1, 0.15) is 0 Å². The summed E-state index contributed by atoms with van der Waals surface area (Å²) < 4.78 is 0. The van der Waals surface area contributed by atoms with Gasteiger partial charge in [-0.3, -0.25) is 0 Å². The Balaban J connectivity index is 2.48. The van der Waals surface area contributed by atoms with E-state index in [4.69, 9.17) is 0 Å². The molecule has 0 saturated carbocycles. The first-order valence-electron chi connectivity index (χ1n) is 5.95. The average Bonchev–Trinajstić information content (AvgIpc) is 2.24. The van der Waals surface area contributed by atoms with Crippen LogP contribution in [-0.4, -0.2) is 6.54 Å². The number of nitrogens with one attached hydrogen (secondary N) is 1. The van der Waals surface area contributed by atoms with Crippen molar-refractivity contribution >= 4 is 0 Å². The minimum absolute atomic E-state index is 0.245. The fourth-order valence-electron chi connectivity index (χ4n) is 1.56. The maximum atomic E-state index is 3.70. The molecule has 16 heavy (non-hydrogen) atoms. The molecule has 88 valence electrons. The van der Waals surface area contributed by atoms with Crippen molar-refractivity contribution in [2.75, 3.05) is 6.54 Å². The van der Waals surface area contributed by atoms with Crippen molar-refractivity contribution in [2.45, 2.75) is 39.2 Å².